The molecule has 0 aliphatic carbocycles. The Labute approximate surface area is 393 Å². The minimum absolute atomic E-state index is 0. The number of benzene rings is 2. The SMILES string of the molecule is CC(C)c1c(C#CP(=O)(O)C[C@@H](O)CC(=O)[O-])c(-c2ccc(F)cc2)n2ccccc12.CC(C)c1c(C#CP(=O)(O)C[C@@H](O)CC(=O)[O-])c(-c2ccc(F)cc2)n2ccccc12.[Li+].[Li+]. The molecule has 0 radical (unpaired) electrons. The number of rotatable bonds is 12. The van der Waals surface area contributed by atoms with Gasteiger partial charge < -0.3 is 48.6 Å². The van der Waals surface area contributed by atoms with Gasteiger partial charge in [0.2, 0.25) is 0 Å². The molecule has 2 aromatic carbocycles. The fraction of sp³-hybridized carbons (Fsp3) is 0.261. The second kappa shape index (κ2) is 23.0. The van der Waals surface area contributed by atoms with Gasteiger partial charge in [-0.2, -0.15) is 0 Å². The molecule has 4 heterocycles. The molecule has 64 heavy (non-hydrogen) atoms. The number of carbonyl (C=O) groups excluding carboxylic acids is 2. The summed E-state index contributed by atoms with van der Waals surface area (Å²) < 4.78 is 55.8. The van der Waals surface area contributed by atoms with Crippen molar-refractivity contribution in [3.8, 4) is 45.7 Å². The van der Waals surface area contributed by atoms with Crippen LogP contribution in [0.3, 0.4) is 0 Å². The topological polar surface area (TPSA) is 204 Å². The van der Waals surface area contributed by atoms with Crippen molar-refractivity contribution < 1.29 is 95.4 Å². The zero-order valence-electron chi connectivity index (χ0n) is 36.2. The first-order valence-corrected chi connectivity index (χ1v) is 23.1. The molecule has 0 fully saturated rings. The summed E-state index contributed by atoms with van der Waals surface area (Å²) in [6.45, 7) is 7.91. The van der Waals surface area contributed by atoms with Crippen LogP contribution in [0.15, 0.2) is 97.3 Å². The van der Waals surface area contributed by atoms with Crippen molar-refractivity contribution in [2.75, 3.05) is 12.3 Å². The molecule has 0 amide bonds. The summed E-state index contributed by atoms with van der Waals surface area (Å²) in [5.41, 5.74) is 11.9. The summed E-state index contributed by atoms with van der Waals surface area (Å²) in [4.78, 5) is 41.7. The molecule has 6 rings (SSSR count). The third-order valence-electron chi connectivity index (χ3n) is 9.59. The largest absolute Gasteiger partial charge is 1.00 e. The number of nitrogens with zero attached hydrogens (tertiary/aromatic N) is 2. The second-order valence-corrected chi connectivity index (χ2v) is 19.2. The molecule has 4 N–H and O–H groups in total. The monoisotopic (exact) mass is 898 g/mol. The molecule has 18 heteroatoms. The number of carboxylic acids is 2. The molecule has 4 atom stereocenters. The molecule has 0 bridgehead atoms. The van der Waals surface area contributed by atoms with Crippen LogP contribution in [0.5, 0.6) is 0 Å². The van der Waals surface area contributed by atoms with Crippen molar-refractivity contribution >= 4 is 37.7 Å². The van der Waals surface area contributed by atoms with Crippen LogP contribution in [-0.2, 0) is 18.7 Å². The average molecular weight is 899 g/mol. The van der Waals surface area contributed by atoms with E-state index < -0.39 is 64.0 Å². The van der Waals surface area contributed by atoms with Crippen molar-refractivity contribution in [3.05, 3.63) is 131 Å². The molecular formula is C46H44F2Li2N2O10P2. The molecule has 4 aromatic heterocycles. The van der Waals surface area contributed by atoms with E-state index in [-0.39, 0.29) is 61.2 Å². The first kappa shape index (κ1) is 53.7. The zero-order chi connectivity index (χ0) is 45.5. The summed E-state index contributed by atoms with van der Waals surface area (Å²) in [6, 6.07) is 23.0. The Bertz CT molecular complexity index is 2650. The number of pyridine rings is 2. The number of aliphatic hydroxyl groups is 2. The molecule has 0 saturated carbocycles. The number of aromatic nitrogens is 2. The van der Waals surface area contributed by atoms with Crippen molar-refractivity contribution in [1.82, 2.24) is 8.80 Å². The number of fused-ring (bicyclic) bond motifs is 2. The van der Waals surface area contributed by atoms with Crippen LogP contribution in [0, 0.1) is 34.8 Å². The molecule has 0 aliphatic heterocycles. The van der Waals surface area contributed by atoms with Crippen molar-refractivity contribution in [1.29, 1.82) is 0 Å². The number of aliphatic hydroxyl groups excluding tert-OH is 2. The standard InChI is InChI=1S/2C23H23FNO5P.2Li/c2*1-15(2)22-19(10-12-31(29,30)14-18(26)13-21(27)28)23(16-6-8-17(24)9-7-16)25-11-4-3-5-20(22)25;;/h2*3-9,11,15,18,26H,13-14H2,1-2H3,(H,27,28)(H,29,30);;/q;;2*+1/p-2/t2*18-;;/m00../s1. The van der Waals surface area contributed by atoms with E-state index in [0.29, 0.717) is 33.6 Å². The third-order valence-corrected chi connectivity index (χ3v) is 12.3. The second-order valence-electron chi connectivity index (χ2n) is 15.2. The van der Waals surface area contributed by atoms with Gasteiger partial charge >= 0.3 is 37.7 Å². The number of carboxylic acid groups (broad SMARTS) is 2. The van der Waals surface area contributed by atoms with Gasteiger partial charge in [-0.15, -0.1) is 0 Å². The van der Waals surface area contributed by atoms with Crippen LogP contribution in [0.2, 0.25) is 0 Å². The van der Waals surface area contributed by atoms with Crippen molar-refractivity contribution in [2.45, 2.75) is 64.6 Å². The van der Waals surface area contributed by atoms with Crippen LogP contribution in [-0.4, -0.2) is 65.3 Å². The summed E-state index contributed by atoms with van der Waals surface area (Å²) in [7, 11) is -8.31. The minimum atomic E-state index is -4.15. The summed E-state index contributed by atoms with van der Waals surface area (Å²) in [5, 5.41) is 40.6. The normalized spacial score (nSPS) is 13.7. The van der Waals surface area contributed by atoms with E-state index in [9.17, 15) is 57.7 Å². The maximum absolute atomic E-state index is 13.5. The fourth-order valence-corrected chi connectivity index (χ4v) is 9.29. The summed E-state index contributed by atoms with van der Waals surface area (Å²) in [5.74, 6) is 1.88. The Morgan fingerprint density at radius 3 is 1.23 bits per heavy atom. The Balaban J connectivity index is 0.000000330. The number of aliphatic carboxylic acids is 2. The van der Waals surface area contributed by atoms with E-state index in [2.05, 4.69) is 23.2 Å². The zero-order valence-corrected chi connectivity index (χ0v) is 37.9. The molecule has 324 valence electrons. The van der Waals surface area contributed by atoms with E-state index >= 15 is 0 Å². The Kier molecular flexibility index (Phi) is 19.3. The first-order valence-electron chi connectivity index (χ1n) is 19.4. The Hall–Kier alpha value is -4.63. The maximum Gasteiger partial charge on any atom is 1.00 e. The molecule has 6 aromatic rings. The van der Waals surface area contributed by atoms with Gasteiger partial charge in [0, 0.05) is 37.2 Å². The molecule has 0 saturated heterocycles. The van der Waals surface area contributed by atoms with Gasteiger partial charge in [0.05, 0.1) is 58.1 Å². The summed E-state index contributed by atoms with van der Waals surface area (Å²) in [6.07, 6.45) is -2.25. The minimum Gasteiger partial charge on any atom is -0.550 e. The fourth-order valence-electron chi connectivity index (χ4n) is 7.13. The molecule has 0 aliphatic rings. The average Bonchev–Trinajstić information content (AvgIpc) is 3.69. The van der Waals surface area contributed by atoms with Gasteiger partial charge in [-0.1, -0.05) is 51.7 Å². The van der Waals surface area contributed by atoms with Gasteiger partial charge in [-0.3, -0.25) is 9.13 Å². The summed E-state index contributed by atoms with van der Waals surface area (Å²) >= 11 is 0. The Morgan fingerprint density at radius 1 is 0.609 bits per heavy atom. The molecule has 2 unspecified atom stereocenters. The predicted octanol–water partition coefficient (Wildman–Crippen LogP) is -0.0938. The van der Waals surface area contributed by atoms with Crippen LogP contribution < -0.4 is 47.9 Å². The van der Waals surface area contributed by atoms with Crippen LogP contribution in [0.25, 0.3) is 33.5 Å². The third kappa shape index (κ3) is 13.7. The van der Waals surface area contributed by atoms with Crippen LogP contribution in [0.4, 0.5) is 8.78 Å². The van der Waals surface area contributed by atoms with Crippen LogP contribution in [0.1, 0.15) is 74.6 Å². The van der Waals surface area contributed by atoms with Gasteiger partial charge in [-0.05, 0) is 118 Å². The number of carbonyl (C=O) groups is 2. The number of halogens is 2. The van der Waals surface area contributed by atoms with E-state index in [0.717, 1.165) is 22.2 Å². The smallest absolute Gasteiger partial charge is 0.550 e. The maximum atomic E-state index is 13.5. The van der Waals surface area contributed by atoms with E-state index in [1.54, 1.807) is 24.3 Å². The van der Waals surface area contributed by atoms with E-state index in [4.69, 9.17) is 0 Å². The van der Waals surface area contributed by atoms with E-state index in [1.165, 1.54) is 24.3 Å². The number of hydrogen-bond donors (Lipinski definition) is 4. The number of hydrogen-bond acceptors (Lipinski definition) is 8. The molecule has 0 spiro atoms. The quantitative estimate of drug-likeness (QED) is 0.0731. The van der Waals surface area contributed by atoms with Crippen molar-refractivity contribution in [3.63, 3.8) is 0 Å². The predicted molar refractivity (Wildman–Crippen MR) is 228 cm³/mol. The van der Waals surface area contributed by atoms with Gasteiger partial charge in [-0.25, -0.2) is 8.78 Å². The first-order chi connectivity index (χ1) is 29.2. The Morgan fingerprint density at radius 2 is 0.938 bits per heavy atom. The van der Waals surface area contributed by atoms with E-state index in [1.807, 2.05) is 85.3 Å². The van der Waals surface area contributed by atoms with Crippen molar-refractivity contribution in [2.24, 2.45) is 0 Å². The van der Waals surface area contributed by atoms with Gasteiger partial charge in [0.1, 0.15) is 11.6 Å². The molecular weight excluding hydrogens is 854 g/mol. The van der Waals surface area contributed by atoms with Gasteiger partial charge in [0.25, 0.3) is 14.7 Å². The van der Waals surface area contributed by atoms with Gasteiger partial charge in [0.15, 0.2) is 0 Å². The molecule has 12 nitrogen and oxygen atoms in total. The van der Waals surface area contributed by atoms with Crippen LogP contribution >= 0.6 is 14.7 Å².